The van der Waals surface area contributed by atoms with E-state index in [1.54, 1.807) is 11.3 Å². The van der Waals surface area contributed by atoms with Crippen LogP contribution in [0.4, 0.5) is 0 Å². The van der Waals surface area contributed by atoms with E-state index in [0.29, 0.717) is 0 Å². The zero-order valence-electron chi connectivity index (χ0n) is 13.3. The predicted molar refractivity (Wildman–Crippen MR) is 88.8 cm³/mol. The highest BCUT2D eigenvalue weighted by Gasteiger charge is 2.03. The second kappa shape index (κ2) is 9.75. The second-order valence-electron chi connectivity index (χ2n) is 4.99. The molecule has 0 aromatic carbocycles. The van der Waals surface area contributed by atoms with Gasteiger partial charge in [-0.3, -0.25) is 4.99 Å². The maximum atomic E-state index is 4.55. The van der Waals surface area contributed by atoms with Gasteiger partial charge in [0.25, 0.3) is 0 Å². The maximum absolute atomic E-state index is 4.55. The third-order valence-electron chi connectivity index (χ3n) is 3.25. The van der Waals surface area contributed by atoms with E-state index in [4.69, 9.17) is 0 Å². The molecule has 0 amide bonds. The Bertz CT molecular complexity index is 393. The Morgan fingerprint density at radius 2 is 1.90 bits per heavy atom. The van der Waals surface area contributed by atoms with E-state index in [1.165, 1.54) is 35.6 Å². The van der Waals surface area contributed by atoms with Gasteiger partial charge in [-0.05, 0) is 20.3 Å². The van der Waals surface area contributed by atoms with Gasteiger partial charge in [-0.15, -0.1) is 11.3 Å². The van der Waals surface area contributed by atoms with Crippen molar-refractivity contribution in [3.63, 3.8) is 0 Å². The van der Waals surface area contributed by atoms with Crippen LogP contribution in [-0.2, 0) is 6.42 Å². The number of nitrogens with one attached hydrogen (secondary N) is 2. The molecule has 1 rings (SSSR count). The molecule has 0 fully saturated rings. The Hall–Kier alpha value is -1.10. The van der Waals surface area contributed by atoms with Gasteiger partial charge >= 0.3 is 0 Å². The molecule has 114 valence electrons. The largest absolute Gasteiger partial charge is 0.356 e. The summed E-state index contributed by atoms with van der Waals surface area (Å²) >= 11 is 1.79. The van der Waals surface area contributed by atoms with Gasteiger partial charge in [0.2, 0.25) is 0 Å². The first-order chi connectivity index (χ1) is 9.67. The van der Waals surface area contributed by atoms with E-state index in [-0.39, 0.29) is 0 Å². The van der Waals surface area contributed by atoms with Crippen molar-refractivity contribution in [1.29, 1.82) is 0 Å². The van der Waals surface area contributed by atoms with E-state index >= 15 is 0 Å². The molecule has 1 heterocycles. The highest BCUT2D eigenvalue weighted by Crippen LogP contribution is 2.16. The highest BCUT2D eigenvalue weighted by molar-refractivity contribution is 7.11. The summed E-state index contributed by atoms with van der Waals surface area (Å²) in [6.07, 6.45) is 6.05. The number of aliphatic imine (C=N–C) groups is 1. The molecule has 0 bridgehead atoms. The molecular formula is C15H28N4S. The lowest BCUT2D eigenvalue weighted by Gasteiger charge is -2.11. The van der Waals surface area contributed by atoms with Gasteiger partial charge < -0.3 is 10.6 Å². The van der Waals surface area contributed by atoms with Crippen LogP contribution in [0.5, 0.6) is 0 Å². The van der Waals surface area contributed by atoms with E-state index in [1.807, 2.05) is 7.05 Å². The molecule has 0 unspecified atom stereocenters. The molecule has 1 aromatic rings. The zero-order chi connectivity index (χ0) is 14.8. The second-order valence-corrected chi connectivity index (χ2v) is 6.27. The first-order valence-corrected chi connectivity index (χ1v) is 8.36. The lowest BCUT2D eigenvalue weighted by molar-refractivity contribution is 0.647. The molecule has 0 atom stereocenters. The third-order valence-corrected chi connectivity index (χ3v) is 4.38. The van der Waals surface area contributed by atoms with Crippen molar-refractivity contribution < 1.29 is 0 Å². The molecule has 0 saturated heterocycles. The molecular weight excluding hydrogens is 268 g/mol. The zero-order valence-corrected chi connectivity index (χ0v) is 14.1. The summed E-state index contributed by atoms with van der Waals surface area (Å²) in [5.74, 6) is 0.895. The van der Waals surface area contributed by atoms with Crippen molar-refractivity contribution >= 4 is 17.3 Å². The number of thiazole rings is 1. The number of rotatable bonds is 8. The molecule has 4 nitrogen and oxygen atoms in total. The molecule has 0 saturated carbocycles. The van der Waals surface area contributed by atoms with Crippen molar-refractivity contribution in [2.24, 2.45) is 4.99 Å². The van der Waals surface area contributed by atoms with Crippen molar-refractivity contribution in [3.8, 4) is 0 Å². The van der Waals surface area contributed by atoms with Crippen LogP contribution in [-0.4, -0.2) is 31.1 Å². The summed E-state index contributed by atoms with van der Waals surface area (Å²) in [4.78, 5) is 10.1. The number of hydrogen-bond donors (Lipinski definition) is 2. The number of hydrogen-bond acceptors (Lipinski definition) is 3. The molecule has 5 heteroatoms. The summed E-state index contributed by atoms with van der Waals surface area (Å²) in [5.41, 5.74) is 1.16. The molecule has 0 aliphatic heterocycles. The Morgan fingerprint density at radius 1 is 1.15 bits per heavy atom. The van der Waals surface area contributed by atoms with Crippen molar-refractivity contribution in [3.05, 3.63) is 15.6 Å². The number of nitrogens with zero attached hydrogens (tertiary/aromatic N) is 2. The normalized spacial score (nSPS) is 11.7. The van der Waals surface area contributed by atoms with E-state index in [0.717, 1.165) is 31.2 Å². The van der Waals surface area contributed by atoms with Crippen LogP contribution < -0.4 is 10.6 Å². The van der Waals surface area contributed by atoms with Crippen LogP contribution in [0.2, 0.25) is 0 Å². The van der Waals surface area contributed by atoms with Gasteiger partial charge in [0, 0.05) is 31.4 Å². The minimum absolute atomic E-state index is 0.876. The van der Waals surface area contributed by atoms with Crippen LogP contribution in [0.25, 0.3) is 0 Å². The summed E-state index contributed by atoms with van der Waals surface area (Å²) in [6.45, 7) is 8.30. The minimum Gasteiger partial charge on any atom is -0.356 e. The molecule has 20 heavy (non-hydrogen) atoms. The molecule has 2 N–H and O–H groups in total. The molecule has 0 radical (unpaired) electrons. The Morgan fingerprint density at radius 3 is 2.50 bits per heavy atom. The fraction of sp³-hybridized carbons (Fsp3) is 0.733. The van der Waals surface area contributed by atoms with Gasteiger partial charge in [0.05, 0.1) is 10.7 Å². The minimum atomic E-state index is 0.876. The van der Waals surface area contributed by atoms with Crippen molar-refractivity contribution in [2.75, 3.05) is 20.1 Å². The molecule has 0 aliphatic rings. The maximum Gasteiger partial charge on any atom is 0.190 e. The van der Waals surface area contributed by atoms with Gasteiger partial charge in [-0.2, -0.15) is 0 Å². The Labute approximate surface area is 127 Å². The van der Waals surface area contributed by atoms with Gasteiger partial charge in [-0.1, -0.05) is 26.2 Å². The van der Waals surface area contributed by atoms with Crippen LogP contribution in [0, 0.1) is 13.8 Å². The van der Waals surface area contributed by atoms with Crippen LogP contribution in [0.15, 0.2) is 4.99 Å². The first-order valence-electron chi connectivity index (χ1n) is 7.54. The third kappa shape index (κ3) is 6.37. The van der Waals surface area contributed by atoms with Crippen LogP contribution in [0.3, 0.4) is 0 Å². The average Bonchev–Trinajstić information content (AvgIpc) is 2.75. The number of aromatic nitrogens is 1. The lowest BCUT2D eigenvalue weighted by atomic mass is 10.2. The summed E-state index contributed by atoms with van der Waals surface area (Å²) in [5, 5.41) is 7.90. The van der Waals surface area contributed by atoms with Crippen LogP contribution >= 0.6 is 11.3 Å². The average molecular weight is 296 g/mol. The van der Waals surface area contributed by atoms with Gasteiger partial charge in [-0.25, -0.2) is 4.98 Å². The summed E-state index contributed by atoms with van der Waals surface area (Å²) in [6, 6.07) is 0. The molecule has 1 aromatic heterocycles. The fourth-order valence-corrected chi connectivity index (χ4v) is 2.85. The monoisotopic (exact) mass is 296 g/mol. The smallest absolute Gasteiger partial charge is 0.190 e. The van der Waals surface area contributed by atoms with E-state index in [2.05, 4.69) is 41.4 Å². The SMILES string of the molecule is CCCCCCNC(=NC)NCCc1nc(C)c(C)s1. The number of guanidine groups is 1. The topological polar surface area (TPSA) is 49.3 Å². The molecule has 0 aliphatic carbocycles. The number of aryl methyl sites for hydroxylation is 2. The lowest BCUT2D eigenvalue weighted by Crippen LogP contribution is -2.38. The van der Waals surface area contributed by atoms with Crippen molar-refractivity contribution in [2.45, 2.75) is 52.9 Å². The predicted octanol–water partition coefficient (Wildman–Crippen LogP) is 3.05. The Kier molecular flexibility index (Phi) is 8.26. The van der Waals surface area contributed by atoms with Crippen LogP contribution in [0.1, 0.15) is 48.2 Å². The number of unbranched alkanes of at least 4 members (excludes halogenated alkanes) is 3. The van der Waals surface area contributed by atoms with E-state index < -0.39 is 0 Å². The highest BCUT2D eigenvalue weighted by atomic mass is 32.1. The molecule has 0 spiro atoms. The standard InChI is InChI=1S/C15H28N4S/c1-5-6-7-8-10-17-15(16-4)18-11-9-14-19-12(2)13(3)20-14/h5-11H2,1-4H3,(H2,16,17,18). The van der Waals surface area contributed by atoms with Crippen molar-refractivity contribution in [1.82, 2.24) is 15.6 Å². The van der Waals surface area contributed by atoms with E-state index in [9.17, 15) is 0 Å². The fourth-order valence-electron chi connectivity index (χ4n) is 1.91. The Balaban J connectivity index is 2.18. The quantitative estimate of drug-likeness (QED) is 0.440. The van der Waals surface area contributed by atoms with Gasteiger partial charge in [0.1, 0.15) is 0 Å². The van der Waals surface area contributed by atoms with Gasteiger partial charge in [0.15, 0.2) is 5.96 Å². The summed E-state index contributed by atoms with van der Waals surface area (Å²) < 4.78 is 0. The summed E-state index contributed by atoms with van der Waals surface area (Å²) in [7, 11) is 1.82. The first kappa shape index (κ1) is 17.0.